The van der Waals surface area contributed by atoms with Crippen molar-refractivity contribution in [1.29, 1.82) is 0 Å². The largest absolute Gasteiger partial charge is 0.480 e. The Morgan fingerprint density at radius 3 is 3.00 bits per heavy atom. The van der Waals surface area contributed by atoms with Crippen LogP contribution in [0.5, 0.6) is 0 Å². The maximum atomic E-state index is 13.0. The monoisotopic (exact) mass is 209 g/mol. The van der Waals surface area contributed by atoms with Gasteiger partial charge in [-0.1, -0.05) is 12.1 Å². The standard InChI is InChI=1S/C11H12FNO2/c12-8-3-1-2-7(6-8)9-4-5-13-10(9)11(14)15/h1-3,6,9-10,13H,4-5H2,(H,14,15)/t9-,10-/m0/s1. The van der Waals surface area contributed by atoms with E-state index in [0.29, 0.717) is 6.54 Å². The zero-order valence-electron chi connectivity index (χ0n) is 8.11. The average molecular weight is 209 g/mol. The fourth-order valence-corrected chi connectivity index (χ4v) is 2.06. The lowest BCUT2D eigenvalue weighted by Crippen LogP contribution is -2.34. The van der Waals surface area contributed by atoms with Crippen molar-refractivity contribution in [2.45, 2.75) is 18.4 Å². The fraction of sp³-hybridized carbons (Fsp3) is 0.364. The van der Waals surface area contributed by atoms with Gasteiger partial charge in [-0.2, -0.15) is 0 Å². The first kappa shape index (κ1) is 10.1. The molecule has 4 heteroatoms. The van der Waals surface area contributed by atoms with Crippen molar-refractivity contribution < 1.29 is 14.3 Å². The SMILES string of the molecule is O=C(O)[C@H]1NCC[C@H]1c1cccc(F)c1. The van der Waals surface area contributed by atoms with Crippen LogP contribution in [0.2, 0.25) is 0 Å². The molecule has 0 aromatic heterocycles. The normalized spacial score (nSPS) is 25.4. The molecule has 1 heterocycles. The molecule has 0 radical (unpaired) electrons. The molecule has 0 amide bonds. The lowest BCUT2D eigenvalue weighted by atomic mass is 9.92. The molecule has 1 fully saturated rings. The topological polar surface area (TPSA) is 49.3 Å². The zero-order chi connectivity index (χ0) is 10.8. The van der Waals surface area contributed by atoms with Crippen LogP contribution in [-0.2, 0) is 4.79 Å². The number of carboxylic acids is 1. The molecule has 1 saturated heterocycles. The molecule has 2 N–H and O–H groups in total. The zero-order valence-corrected chi connectivity index (χ0v) is 8.11. The van der Waals surface area contributed by atoms with Gasteiger partial charge in [0.05, 0.1) is 0 Å². The highest BCUT2D eigenvalue weighted by Gasteiger charge is 2.33. The Hall–Kier alpha value is -1.42. The molecule has 1 aromatic rings. The van der Waals surface area contributed by atoms with Crippen LogP contribution in [0.25, 0.3) is 0 Å². The van der Waals surface area contributed by atoms with Gasteiger partial charge in [-0.3, -0.25) is 4.79 Å². The summed E-state index contributed by atoms with van der Waals surface area (Å²) in [6, 6.07) is 5.57. The van der Waals surface area contributed by atoms with E-state index in [1.165, 1.54) is 12.1 Å². The molecule has 0 unspecified atom stereocenters. The van der Waals surface area contributed by atoms with Crippen LogP contribution < -0.4 is 5.32 Å². The quantitative estimate of drug-likeness (QED) is 0.773. The van der Waals surface area contributed by atoms with E-state index in [1.54, 1.807) is 12.1 Å². The van der Waals surface area contributed by atoms with Crippen LogP contribution in [0.15, 0.2) is 24.3 Å². The van der Waals surface area contributed by atoms with Crippen molar-refractivity contribution in [3.8, 4) is 0 Å². The van der Waals surface area contributed by atoms with E-state index < -0.39 is 12.0 Å². The number of rotatable bonds is 2. The molecule has 1 aliphatic rings. The number of benzene rings is 1. The van der Waals surface area contributed by atoms with Crippen molar-refractivity contribution in [2.75, 3.05) is 6.54 Å². The summed E-state index contributed by atoms with van der Waals surface area (Å²) in [6.45, 7) is 0.665. The van der Waals surface area contributed by atoms with Gasteiger partial charge >= 0.3 is 5.97 Å². The highest BCUT2D eigenvalue weighted by atomic mass is 19.1. The summed E-state index contributed by atoms with van der Waals surface area (Å²) in [5.74, 6) is -1.32. The lowest BCUT2D eigenvalue weighted by Gasteiger charge is -2.15. The predicted octanol–water partition coefficient (Wildman–Crippen LogP) is 1.36. The molecule has 0 spiro atoms. The van der Waals surface area contributed by atoms with Crippen molar-refractivity contribution in [3.63, 3.8) is 0 Å². The van der Waals surface area contributed by atoms with E-state index in [2.05, 4.69) is 5.32 Å². The number of aliphatic carboxylic acids is 1. The molecule has 0 saturated carbocycles. The minimum atomic E-state index is -0.873. The number of halogens is 1. The lowest BCUT2D eigenvalue weighted by molar-refractivity contribution is -0.139. The first-order valence-electron chi connectivity index (χ1n) is 4.90. The molecule has 1 aliphatic heterocycles. The van der Waals surface area contributed by atoms with Crippen molar-refractivity contribution in [2.24, 2.45) is 0 Å². The number of hydrogen-bond donors (Lipinski definition) is 2. The highest BCUT2D eigenvalue weighted by Crippen LogP contribution is 2.28. The fourth-order valence-electron chi connectivity index (χ4n) is 2.06. The number of carbonyl (C=O) groups is 1. The van der Waals surface area contributed by atoms with E-state index in [9.17, 15) is 9.18 Å². The molecule has 0 aliphatic carbocycles. The van der Waals surface area contributed by atoms with Crippen LogP contribution in [-0.4, -0.2) is 23.7 Å². The summed E-state index contributed by atoms with van der Waals surface area (Å²) in [7, 11) is 0. The molecular formula is C11H12FNO2. The summed E-state index contributed by atoms with van der Waals surface area (Å²) in [4.78, 5) is 10.9. The second kappa shape index (κ2) is 3.98. The van der Waals surface area contributed by atoms with E-state index in [4.69, 9.17) is 5.11 Å². The number of nitrogens with one attached hydrogen (secondary N) is 1. The van der Waals surface area contributed by atoms with E-state index in [-0.39, 0.29) is 11.7 Å². The Morgan fingerprint density at radius 1 is 1.53 bits per heavy atom. The van der Waals surface area contributed by atoms with Gasteiger partial charge < -0.3 is 10.4 Å². The van der Waals surface area contributed by atoms with Gasteiger partial charge in [-0.05, 0) is 30.7 Å². The summed E-state index contributed by atoms with van der Waals surface area (Å²) in [5.41, 5.74) is 0.757. The predicted molar refractivity (Wildman–Crippen MR) is 53.2 cm³/mol. The maximum absolute atomic E-state index is 13.0. The van der Waals surface area contributed by atoms with Crippen LogP contribution in [0, 0.1) is 5.82 Å². The second-order valence-corrected chi connectivity index (χ2v) is 3.72. The Labute approximate surface area is 86.9 Å². The van der Waals surface area contributed by atoms with Gasteiger partial charge in [0.1, 0.15) is 11.9 Å². The summed E-state index contributed by atoms with van der Waals surface area (Å²) in [5, 5.41) is 11.9. The van der Waals surface area contributed by atoms with Crippen LogP contribution in [0.4, 0.5) is 4.39 Å². The Bertz CT molecular complexity index is 381. The van der Waals surface area contributed by atoms with E-state index in [1.807, 2.05) is 0 Å². The Morgan fingerprint density at radius 2 is 2.33 bits per heavy atom. The van der Waals surface area contributed by atoms with Gasteiger partial charge in [-0.15, -0.1) is 0 Å². The third-order valence-corrected chi connectivity index (χ3v) is 2.76. The molecule has 2 rings (SSSR count). The first-order chi connectivity index (χ1) is 7.18. The van der Waals surface area contributed by atoms with Crippen molar-refractivity contribution >= 4 is 5.97 Å². The highest BCUT2D eigenvalue weighted by molar-refractivity contribution is 5.75. The third kappa shape index (κ3) is 1.99. The van der Waals surface area contributed by atoms with Gasteiger partial charge in [0, 0.05) is 5.92 Å². The summed E-state index contributed by atoms with van der Waals surface area (Å²) < 4.78 is 13.0. The molecular weight excluding hydrogens is 197 g/mol. The first-order valence-corrected chi connectivity index (χ1v) is 4.90. The van der Waals surface area contributed by atoms with Gasteiger partial charge in [0.15, 0.2) is 0 Å². The summed E-state index contributed by atoms with van der Waals surface area (Å²) >= 11 is 0. The van der Waals surface area contributed by atoms with Gasteiger partial charge in [-0.25, -0.2) is 4.39 Å². The van der Waals surface area contributed by atoms with Crippen LogP contribution >= 0.6 is 0 Å². The number of hydrogen-bond acceptors (Lipinski definition) is 2. The minimum absolute atomic E-state index is 0.127. The second-order valence-electron chi connectivity index (χ2n) is 3.72. The van der Waals surface area contributed by atoms with E-state index >= 15 is 0 Å². The van der Waals surface area contributed by atoms with Gasteiger partial charge in [0.2, 0.25) is 0 Å². The van der Waals surface area contributed by atoms with Crippen LogP contribution in [0.3, 0.4) is 0 Å². The minimum Gasteiger partial charge on any atom is -0.480 e. The summed E-state index contributed by atoms with van der Waals surface area (Å²) in [6.07, 6.45) is 0.737. The smallest absolute Gasteiger partial charge is 0.321 e. The Kier molecular flexibility index (Phi) is 2.68. The third-order valence-electron chi connectivity index (χ3n) is 2.76. The maximum Gasteiger partial charge on any atom is 0.321 e. The van der Waals surface area contributed by atoms with E-state index in [0.717, 1.165) is 12.0 Å². The average Bonchev–Trinajstić information content (AvgIpc) is 2.65. The Balaban J connectivity index is 2.26. The van der Waals surface area contributed by atoms with Gasteiger partial charge in [0.25, 0.3) is 0 Å². The molecule has 3 nitrogen and oxygen atoms in total. The molecule has 2 atom stereocenters. The molecule has 1 aromatic carbocycles. The number of carboxylic acid groups (broad SMARTS) is 1. The molecule has 15 heavy (non-hydrogen) atoms. The van der Waals surface area contributed by atoms with Crippen LogP contribution in [0.1, 0.15) is 17.9 Å². The molecule has 0 bridgehead atoms. The van der Waals surface area contributed by atoms with Crippen molar-refractivity contribution in [1.82, 2.24) is 5.32 Å². The van der Waals surface area contributed by atoms with Crippen molar-refractivity contribution in [3.05, 3.63) is 35.6 Å². The molecule has 80 valence electrons.